The molecular formula is C6H5ClN2O2. The average Bonchev–Trinajstić information content (AvgIpc) is 2.04. The summed E-state index contributed by atoms with van der Waals surface area (Å²) in [6, 6.07) is 0. The number of ether oxygens (including phenoxy) is 1. The van der Waals surface area contributed by atoms with Crippen LogP contribution in [0.5, 0.6) is 5.88 Å². The van der Waals surface area contributed by atoms with Crippen molar-refractivity contribution in [1.82, 2.24) is 9.97 Å². The second-order valence-corrected chi connectivity index (χ2v) is 2.09. The van der Waals surface area contributed by atoms with Gasteiger partial charge in [0.05, 0.1) is 13.3 Å². The Balaban J connectivity index is 3.16. The van der Waals surface area contributed by atoms with Crippen molar-refractivity contribution in [3.8, 4) is 5.88 Å². The van der Waals surface area contributed by atoms with E-state index in [1.807, 2.05) is 0 Å². The van der Waals surface area contributed by atoms with Crippen LogP contribution >= 0.6 is 11.6 Å². The fourth-order valence-corrected chi connectivity index (χ4v) is 0.718. The molecule has 1 heterocycles. The highest BCUT2D eigenvalue weighted by molar-refractivity contribution is 6.29. The molecule has 5 heteroatoms. The molecule has 1 aromatic heterocycles. The second-order valence-electron chi connectivity index (χ2n) is 1.71. The van der Waals surface area contributed by atoms with Gasteiger partial charge in [0.15, 0.2) is 17.1 Å². The molecule has 0 bridgehead atoms. The Hall–Kier alpha value is -1.16. The van der Waals surface area contributed by atoms with Crippen LogP contribution in [0.15, 0.2) is 6.20 Å². The molecule has 0 aromatic carbocycles. The lowest BCUT2D eigenvalue weighted by molar-refractivity contribution is 0.111. The summed E-state index contributed by atoms with van der Waals surface area (Å²) >= 11 is 5.48. The van der Waals surface area contributed by atoms with Crippen molar-refractivity contribution in [3.63, 3.8) is 0 Å². The van der Waals surface area contributed by atoms with Gasteiger partial charge < -0.3 is 4.74 Å². The molecule has 0 aliphatic heterocycles. The summed E-state index contributed by atoms with van der Waals surface area (Å²) < 4.78 is 4.73. The number of hydrogen-bond acceptors (Lipinski definition) is 4. The molecule has 0 amide bonds. The van der Waals surface area contributed by atoms with Crippen molar-refractivity contribution >= 4 is 17.9 Å². The van der Waals surface area contributed by atoms with E-state index < -0.39 is 0 Å². The zero-order chi connectivity index (χ0) is 8.27. The third-order valence-corrected chi connectivity index (χ3v) is 1.22. The number of carbonyl (C=O) groups excluding carboxylic acids is 1. The van der Waals surface area contributed by atoms with E-state index in [0.29, 0.717) is 6.29 Å². The minimum absolute atomic E-state index is 0.146. The third-order valence-electron chi connectivity index (χ3n) is 1.04. The van der Waals surface area contributed by atoms with Gasteiger partial charge in [0.2, 0.25) is 5.88 Å². The first kappa shape index (κ1) is 7.94. The van der Waals surface area contributed by atoms with Gasteiger partial charge in [-0.2, -0.15) is 4.98 Å². The molecule has 0 saturated heterocycles. The molecule has 0 unspecified atom stereocenters. The van der Waals surface area contributed by atoms with Gasteiger partial charge in [0.1, 0.15) is 0 Å². The average molecular weight is 173 g/mol. The van der Waals surface area contributed by atoms with E-state index in [0.717, 1.165) is 0 Å². The van der Waals surface area contributed by atoms with Crippen LogP contribution in [0.1, 0.15) is 10.5 Å². The molecule has 0 N–H and O–H groups in total. The largest absolute Gasteiger partial charge is 0.479 e. The van der Waals surface area contributed by atoms with Crippen molar-refractivity contribution in [2.45, 2.75) is 0 Å². The summed E-state index contributed by atoms with van der Waals surface area (Å²) in [5.41, 5.74) is 0.150. The first-order chi connectivity index (χ1) is 5.27. The summed E-state index contributed by atoms with van der Waals surface area (Å²) in [5.74, 6) is 0.146. The zero-order valence-electron chi connectivity index (χ0n) is 5.74. The molecule has 0 atom stereocenters. The predicted molar refractivity (Wildman–Crippen MR) is 39.0 cm³/mol. The summed E-state index contributed by atoms with van der Waals surface area (Å²) in [6.07, 6.45) is 1.84. The molecule has 1 aromatic rings. The molecule has 4 nitrogen and oxygen atoms in total. The predicted octanol–water partition coefficient (Wildman–Crippen LogP) is 0.951. The molecule has 58 valence electrons. The smallest absolute Gasteiger partial charge is 0.244 e. The first-order valence-corrected chi connectivity index (χ1v) is 3.17. The number of hydrogen-bond donors (Lipinski definition) is 0. The van der Waals surface area contributed by atoms with Gasteiger partial charge in [-0.15, -0.1) is 0 Å². The van der Waals surface area contributed by atoms with Gasteiger partial charge in [0.25, 0.3) is 0 Å². The van der Waals surface area contributed by atoms with Gasteiger partial charge in [0, 0.05) is 0 Å². The fraction of sp³-hybridized carbons (Fsp3) is 0.167. The number of nitrogens with zero attached hydrogens (tertiary/aromatic N) is 2. The standard InChI is InChI=1S/C6H5ClN2O2/c1-11-6-4(3-10)8-2-5(7)9-6/h2-3H,1H3. The molecule has 0 saturated carbocycles. The second kappa shape index (κ2) is 3.30. The van der Waals surface area contributed by atoms with E-state index in [2.05, 4.69) is 9.97 Å². The van der Waals surface area contributed by atoms with E-state index in [-0.39, 0.29) is 16.7 Å². The lowest BCUT2D eigenvalue weighted by Crippen LogP contribution is -1.96. The van der Waals surface area contributed by atoms with E-state index in [1.54, 1.807) is 0 Å². The van der Waals surface area contributed by atoms with Gasteiger partial charge in [-0.3, -0.25) is 4.79 Å². The van der Waals surface area contributed by atoms with Crippen LogP contribution in [0, 0.1) is 0 Å². The number of methoxy groups -OCH3 is 1. The number of aldehydes is 1. The van der Waals surface area contributed by atoms with Gasteiger partial charge in [-0.1, -0.05) is 11.6 Å². The Bertz CT molecular complexity index is 277. The maximum atomic E-state index is 10.3. The van der Waals surface area contributed by atoms with Crippen LogP contribution in [0.25, 0.3) is 0 Å². The highest BCUT2D eigenvalue weighted by Gasteiger charge is 2.04. The van der Waals surface area contributed by atoms with Gasteiger partial charge in [-0.25, -0.2) is 4.98 Å². The van der Waals surface area contributed by atoms with E-state index >= 15 is 0 Å². The maximum Gasteiger partial charge on any atom is 0.244 e. The summed E-state index contributed by atoms with van der Waals surface area (Å²) in [4.78, 5) is 17.7. The van der Waals surface area contributed by atoms with E-state index in [4.69, 9.17) is 16.3 Å². The summed E-state index contributed by atoms with van der Waals surface area (Å²) in [5, 5.41) is 0.201. The zero-order valence-corrected chi connectivity index (χ0v) is 6.50. The Kier molecular flexibility index (Phi) is 2.38. The molecule has 0 radical (unpaired) electrons. The molecular weight excluding hydrogens is 168 g/mol. The van der Waals surface area contributed by atoms with Crippen molar-refractivity contribution < 1.29 is 9.53 Å². The van der Waals surface area contributed by atoms with Gasteiger partial charge in [-0.05, 0) is 0 Å². The van der Waals surface area contributed by atoms with Crippen molar-refractivity contribution in [2.75, 3.05) is 7.11 Å². The van der Waals surface area contributed by atoms with E-state index in [1.165, 1.54) is 13.3 Å². The number of aromatic nitrogens is 2. The van der Waals surface area contributed by atoms with Crippen molar-refractivity contribution in [1.29, 1.82) is 0 Å². The normalized spacial score (nSPS) is 9.27. The highest BCUT2D eigenvalue weighted by Crippen LogP contribution is 2.12. The Labute approximate surface area is 68.2 Å². The quantitative estimate of drug-likeness (QED) is 0.624. The monoisotopic (exact) mass is 172 g/mol. The number of rotatable bonds is 2. The van der Waals surface area contributed by atoms with Gasteiger partial charge >= 0.3 is 0 Å². The van der Waals surface area contributed by atoms with Crippen LogP contribution in [0.2, 0.25) is 5.15 Å². The lowest BCUT2D eigenvalue weighted by atomic mass is 10.5. The van der Waals surface area contributed by atoms with E-state index in [9.17, 15) is 4.79 Å². The van der Waals surface area contributed by atoms with Crippen LogP contribution in [-0.4, -0.2) is 23.4 Å². The van der Waals surface area contributed by atoms with Crippen LogP contribution < -0.4 is 4.74 Å². The van der Waals surface area contributed by atoms with Crippen molar-refractivity contribution in [2.24, 2.45) is 0 Å². The molecule has 0 spiro atoms. The van der Waals surface area contributed by atoms with Crippen LogP contribution in [-0.2, 0) is 0 Å². The Morgan fingerprint density at radius 3 is 3.00 bits per heavy atom. The summed E-state index contributed by atoms with van der Waals surface area (Å²) in [7, 11) is 1.40. The Morgan fingerprint density at radius 2 is 2.45 bits per heavy atom. The molecule has 0 aliphatic carbocycles. The summed E-state index contributed by atoms with van der Waals surface area (Å²) in [6.45, 7) is 0. The van der Waals surface area contributed by atoms with Crippen LogP contribution in [0.3, 0.4) is 0 Å². The minimum atomic E-state index is 0.146. The van der Waals surface area contributed by atoms with Crippen LogP contribution in [0.4, 0.5) is 0 Å². The molecule has 1 rings (SSSR count). The lowest BCUT2D eigenvalue weighted by Gasteiger charge is -1.99. The molecule has 0 fully saturated rings. The Morgan fingerprint density at radius 1 is 1.73 bits per heavy atom. The maximum absolute atomic E-state index is 10.3. The topological polar surface area (TPSA) is 52.1 Å². The first-order valence-electron chi connectivity index (χ1n) is 2.79. The number of carbonyl (C=O) groups is 1. The SMILES string of the molecule is COc1nc(Cl)cnc1C=O. The molecule has 11 heavy (non-hydrogen) atoms. The fourth-order valence-electron chi connectivity index (χ4n) is 0.592. The number of halogens is 1. The minimum Gasteiger partial charge on any atom is -0.479 e. The highest BCUT2D eigenvalue weighted by atomic mass is 35.5. The molecule has 0 aliphatic rings. The third kappa shape index (κ3) is 1.65. The van der Waals surface area contributed by atoms with Crippen molar-refractivity contribution in [3.05, 3.63) is 17.0 Å².